The van der Waals surface area contributed by atoms with Gasteiger partial charge in [0, 0.05) is 24.6 Å². The van der Waals surface area contributed by atoms with Crippen LogP contribution in [0.2, 0.25) is 0 Å². The lowest BCUT2D eigenvalue weighted by Gasteiger charge is -2.30. The van der Waals surface area contributed by atoms with Crippen molar-refractivity contribution in [3.63, 3.8) is 0 Å². The van der Waals surface area contributed by atoms with Crippen LogP contribution in [0, 0.1) is 5.92 Å². The van der Waals surface area contributed by atoms with Crippen molar-refractivity contribution in [3.8, 4) is 0 Å². The molecule has 0 radical (unpaired) electrons. The van der Waals surface area contributed by atoms with E-state index in [0.29, 0.717) is 5.92 Å². The molecule has 0 aliphatic carbocycles. The van der Waals surface area contributed by atoms with Crippen LogP contribution in [-0.4, -0.2) is 41.5 Å². The minimum Gasteiger partial charge on any atom is -0.370 e. The number of rotatable bonds is 3. The highest BCUT2D eigenvalue weighted by Crippen LogP contribution is 2.23. The van der Waals surface area contributed by atoms with E-state index in [4.69, 9.17) is 0 Å². The Balaban J connectivity index is 2.00. The largest absolute Gasteiger partial charge is 0.370 e. The summed E-state index contributed by atoms with van der Waals surface area (Å²) in [6.07, 6.45) is 2.60. The molecule has 0 amide bonds. The fraction of sp³-hybridized carbons (Fsp3) is 0.733. The van der Waals surface area contributed by atoms with Crippen LogP contribution in [0.1, 0.15) is 39.4 Å². The van der Waals surface area contributed by atoms with E-state index >= 15 is 0 Å². The number of nitrogens with one attached hydrogen (secondary N) is 1. The van der Waals surface area contributed by atoms with Gasteiger partial charge in [0.15, 0.2) is 0 Å². The summed E-state index contributed by atoms with van der Waals surface area (Å²) >= 11 is 3.48. The predicted molar refractivity (Wildman–Crippen MR) is 87.1 cm³/mol. The van der Waals surface area contributed by atoms with Crippen molar-refractivity contribution >= 4 is 21.7 Å². The zero-order valence-electron chi connectivity index (χ0n) is 12.9. The summed E-state index contributed by atoms with van der Waals surface area (Å²) in [6.45, 7) is 9.78. The second kappa shape index (κ2) is 6.39. The molecule has 0 aromatic carbocycles. The average Bonchev–Trinajstić information content (AvgIpc) is 2.35. The standard InChI is InChI=1S/C15H25BrN4/c1-15(2,3)14-18-12(16)8-13(19-14)17-9-11-6-5-7-20(4)10-11/h8,11H,5-7,9-10H2,1-4H3,(H,17,18,19). The maximum Gasteiger partial charge on any atom is 0.137 e. The van der Waals surface area contributed by atoms with Crippen molar-refractivity contribution in [1.29, 1.82) is 0 Å². The summed E-state index contributed by atoms with van der Waals surface area (Å²) in [5.41, 5.74) is -0.0364. The van der Waals surface area contributed by atoms with Crippen LogP contribution in [-0.2, 0) is 5.41 Å². The van der Waals surface area contributed by atoms with Crippen LogP contribution in [0.3, 0.4) is 0 Å². The summed E-state index contributed by atoms with van der Waals surface area (Å²) in [7, 11) is 2.20. The highest BCUT2D eigenvalue weighted by Gasteiger charge is 2.20. The number of piperidine rings is 1. The SMILES string of the molecule is CN1CCCC(CNc2cc(Br)nc(C(C)(C)C)n2)C1. The minimum atomic E-state index is -0.0364. The Hall–Kier alpha value is -0.680. The maximum absolute atomic E-state index is 4.64. The molecule has 1 aliphatic heterocycles. The first-order chi connectivity index (χ1) is 9.34. The average molecular weight is 341 g/mol. The summed E-state index contributed by atoms with van der Waals surface area (Å²) in [5.74, 6) is 2.50. The Morgan fingerprint density at radius 1 is 1.40 bits per heavy atom. The first-order valence-corrected chi connectivity index (χ1v) is 8.11. The molecular formula is C15H25BrN4. The van der Waals surface area contributed by atoms with E-state index in [0.717, 1.165) is 22.8 Å². The number of hydrogen-bond donors (Lipinski definition) is 1. The second-order valence-corrected chi connectivity index (χ2v) is 7.61. The minimum absolute atomic E-state index is 0.0364. The molecule has 1 saturated heterocycles. The van der Waals surface area contributed by atoms with Crippen LogP contribution in [0.4, 0.5) is 5.82 Å². The van der Waals surface area contributed by atoms with Gasteiger partial charge in [-0.3, -0.25) is 0 Å². The van der Waals surface area contributed by atoms with Crippen LogP contribution < -0.4 is 5.32 Å². The van der Waals surface area contributed by atoms with Gasteiger partial charge in [-0.25, -0.2) is 9.97 Å². The van der Waals surface area contributed by atoms with Gasteiger partial charge in [0.05, 0.1) is 0 Å². The smallest absolute Gasteiger partial charge is 0.137 e. The zero-order chi connectivity index (χ0) is 14.8. The topological polar surface area (TPSA) is 41.0 Å². The Kier molecular flexibility index (Phi) is 5.02. The molecule has 2 rings (SSSR count). The van der Waals surface area contributed by atoms with E-state index < -0.39 is 0 Å². The monoisotopic (exact) mass is 340 g/mol. The molecule has 1 unspecified atom stereocenters. The van der Waals surface area contributed by atoms with E-state index in [1.807, 2.05) is 6.07 Å². The van der Waals surface area contributed by atoms with Crippen LogP contribution in [0.5, 0.6) is 0 Å². The summed E-state index contributed by atoms with van der Waals surface area (Å²) in [5, 5.41) is 3.48. The van der Waals surface area contributed by atoms with Gasteiger partial charge in [-0.05, 0) is 48.3 Å². The number of anilines is 1. The Morgan fingerprint density at radius 3 is 2.80 bits per heavy atom. The number of hydrogen-bond acceptors (Lipinski definition) is 4. The van der Waals surface area contributed by atoms with Crippen molar-refractivity contribution in [2.75, 3.05) is 32.0 Å². The first kappa shape index (κ1) is 15.7. The normalized spacial score (nSPS) is 20.9. The lowest BCUT2D eigenvalue weighted by molar-refractivity contribution is 0.217. The molecule has 0 saturated carbocycles. The predicted octanol–water partition coefficient (Wildman–Crippen LogP) is 3.29. The molecule has 0 bridgehead atoms. The third kappa shape index (κ3) is 4.42. The summed E-state index contributed by atoms with van der Waals surface area (Å²) in [6, 6.07) is 1.96. The first-order valence-electron chi connectivity index (χ1n) is 7.32. The molecule has 0 spiro atoms. The van der Waals surface area contributed by atoms with Gasteiger partial charge < -0.3 is 10.2 Å². The van der Waals surface area contributed by atoms with Crippen molar-refractivity contribution in [1.82, 2.24) is 14.9 Å². The van der Waals surface area contributed by atoms with E-state index in [9.17, 15) is 0 Å². The van der Waals surface area contributed by atoms with Gasteiger partial charge in [-0.15, -0.1) is 0 Å². The zero-order valence-corrected chi connectivity index (χ0v) is 14.5. The highest BCUT2D eigenvalue weighted by atomic mass is 79.9. The molecule has 112 valence electrons. The second-order valence-electron chi connectivity index (χ2n) is 6.80. The fourth-order valence-electron chi connectivity index (χ4n) is 2.53. The van der Waals surface area contributed by atoms with Crippen molar-refractivity contribution in [3.05, 3.63) is 16.5 Å². The molecule has 1 aromatic rings. The lowest BCUT2D eigenvalue weighted by Crippen LogP contribution is -2.35. The summed E-state index contributed by atoms with van der Waals surface area (Å²) < 4.78 is 0.848. The van der Waals surface area contributed by atoms with Crippen molar-refractivity contribution in [2.45, 2.75) is 39.0 Å². The van der Waals surface area contributed by atoms with Gasteiger partial charge in [-0.2, -0.15) is 0 Å². The van der Waals surface area contributed by atoms with Gasteiger partial charge >= 0.3 is 0 Å². The molecule has 2 heterocycles. The third-order valence-corrected chi connectivity index (χ3v) is 4.07. The molecule has 4 nitrogen and oxygen atoms in total. The molecule has 1 fully saturated rings. The number of nitrogens with zero attached hydrogens (tertiary/aromatic N) is 3. The van der Waals surface area contributed by atoms with Crippen LogP contribution in [0.25, 0.3) is 0 Å². The van der Waals surface area contributed by atoms with Crippen molar-refractivity contribution < 1.29 is 0 Å². The third-order valence-electron chi connectivity index (χ3n) is 3.66. The fourth-order valence-corrected chi connectivity index (χ4v) is 2.92. The molecule has 20 heavy (non-hydrogen) atoms. The Bertz CT molecular complexity index is 456. The number of aromatic nitrogens is 2. The van der Waals surface area contributed by atoms with Crippen LogP contribution >= 0.6 is 15.9 Å². The molecule has 1 aliphatic rings. The Morgan fingerprint density at radius 2 is 2.15 bits per heavy atom. The lowest BCUT2D eigenvalue weighted by atomic mass is 9.96. The van der Waals surface area contributed by atoms with E-state index in [-0.39, 0.29) is 5.41 Å². The molecule has 1 aromatic heterocycles. The van der Waals surface area contributed by atoms with Crippen molar-refractivity contribution in [2.24, 2.45) is 5.92 Å². The van der Waals surface area contributed by atoms with Crippen LogP contribution in [0.15, 0.2) is 10.7 Å². The number of halogens is 1. The van der Waals surface area contributed by atoms with Gasteiger partial charge in [0.25, 0.3) is 0 Å². The summed E-state index contributed by atoms with van der Waals surface area (Å²) in [4.78, 5) is 11.5. The maximum atomic E-state index is 4.64. The van der Waals surface area contributed by atoms with Gasteiger partial charge in [0.2, 0.25) is 0 Å². The van der Waals surface area contributed by atoms with E-state index in [1.54, 1.807) is 0 Å². The molecule has 5 heteroatoms. The highest BCUT2D eigenvalue weighted by molar-refractivity contribution is 9.10. The van der Waals surface area contributed by atoms with Gasteiger partial charge in [-0.1, -0.05) is 20.8 Å². The Labute approximate surface area is 130 Å². The molecular weight excluding hydrogens is 316 g/mol. The quantitative estimate of drug-likeness (QED) is 0.857. The molecule has 1 atom stereocenters. The van der Waals surface area contributed by atoms with E-state index in [2.05, 4.69) is 63.9 Å². The molecule has 1 N–H and O–H groups in total. The van der Waals surface area contributed by atoms with E-state index in [1.165, 1.54) is 25.9 Å². The van der Waals surface area contributed by atoms with Gasteiger partial charge in [0.1, 0.15) is 16.2 Å². The number of likely N-dealkylation sites (tertiary alicyclic amines) is 1.